The number of amides is 2. The molecule has 30 heavy (non-hydrogen) atoms. The van der Waals surface area contributed by atoms with E-state index in [1.165, 1.54) is 0 Å². The van der Waals surface area contributed by atoms with Gasteiger partial charge in [-0.3, -0.25) is 0 Å². The van der Waals surface area contributed by atoms with Crippen LogP contribution in [-0.4, -0.2) is 37.5 Å². The Balaban J connectivity index is 2.00. The van der Waals surface area contributed by atoms with Crippen molar-refractivity contribution in [2.45, 2.75) is 20.4 Å². The number of hydrogen-bond acceptors (Lipinski definition) is 4. The zero-order chi connectivity index (χ0) is 21.5. The Morgan fingerprint density at radius 2 is 1.90 bits per heavy atom. The molecule has 0 aliphatic carbocycles. The Kier molecular flexibility index (Phi) is 6.94. The fourth-order valence-corrected chi connectivity index (χ4v) is 3.45. The lowest BCUT2D eigenvalue weighted by atomic mass is 10.1. The molecule has 3 rings (SSSR count). The molecule has 0 unspecified atom stereocenters. The number of nitrogens with zero attached hydrogens (tertiary/aromatic N) is 2. The van der Waals surface area contributed by atoms with Gasteiger partial charge >= 0.3 is 6.03 Å². The summed E-state index contributed by atoms with van der Waals surface area (Å²) in [6, 6.07) is 15.4. The standard InChI is InChI=1S/C23H26N4O3/c1-4-25-23(28)26-17-8-6-16(7-9-17)22-20(15-24)19-11-10-18(30-13-12-29-3)14-21(19)27(22)5-2/h6-11,14H,4-5,12-13H2,1-3H3,(H2,25,26,28). The summed E-state index contributed by atoms with van der Waals surface area (Å²) in [7, 11) is 1.64. The maximum Gasteiger partial charge on any atom is 0.319 e. The highest BCUT2D eigenvalue weighted by atomic mass is 16.5. The SMILES string of the molecule is CCNC(=O)Nc1ccc(-c2c(C#N)c3ccc(OCCOC)cc3n2CC)cc1. The van der Waals surface area contributed by atoms with Crippen LogP contribution in [0.25, 0.3) is 22.2 Å². The van der Waals surface area contributed by atoms with E-state index in [0.29, 0.717) is 37.6 Å². The molecule has 0 saturated carbocycles. The second-order valence-corrected chi connectivity index (χ2v) is 6.66. The number of methoxy groups -OCH3 is 1. The lowest BCUT2D eigenvalue weighted by Gasteiger charge is -2.11. The molecule has 0 fully saturated rings. The average molecular weight is 406 g/mol. The van der Waals surface area contributed by atoms with Crippen molar-refractivity contribution in [1.29, 1.82) is 5.26 Å². The third-order valence-electron chi connectivity index (χ3n) is 4.77. The predicted molar refractivity (Wildman–Crippen MR) is 118 cm³/mol. The van der Waals surface area contributed by atoms with Gasteiger partial charge in [-0.2, -0.15) is 5.26 Å². The number of carbonyl (C=O) groups excluding carboxylic acids is 1. The number of benzene rings is 2. The third-order valence-corrected chi connectivity index (χ3v) is 4.77. The number of urea groups is 1. The second-order valence-electron chi connectivity index (χ2n) is 6.66. The molecule has 0 atom stereocenters. The fourth-order valence-electron chi connectivity index (χ4n) is 3.45. The van der Waals surface area contributed by atoms with Crippen molar-refractivity contribution in [3.63, 3.8) is 0 Å². The molecule has 2 aromatic carbocycles. The molecule has 0 aliphatic rings. The Labute approximate surface area is 176 Å². The predicted octanol–water partition coefficient (Wildman–Crippen LogP) is 4.37. The summed E-state index contributed by atoms with van der Waals surface area (Å²) in [5.41, 5.74) is 4.03. The topological polar surface area (TPSA) is 88.3 Å². The van der Waals surface area contributed by atoms with E-state index in [1.54, 1.807) is 7.11 Å². The number of nitriles is 1. The molecule has 0 bridgehead atoms. The molecule has 156 valence electrons. The quantitative estimate of drug-likeness (QED) is 0.544. The summed E-state index contributed by atoms with van der Waals surface area (Å²) >= 11 is 0. The number of nitrogens with one attached hydrogen (secondary N) is 2. The Bertz CT molecular complexity index is 1060. The smallest absolute Gasteiger partial charge is 0.319 e. The number of ether oxygens (including phenoxy) is 2. The van der Waals surface area contributed by atoms with Gasteiger partial charge in [-0.15, -0.1) is 0 Å². The number of carbonyl (C=O) groups is 1. The summed E-state index contributed by atoms with van der Waals surface area (Å²) < 4.78 is 12.9. The molecule has 0 saturated heterocycles. The van der Waals surface area contributed by atoms with Gasteiger partial charge < -0.3 is 24.7 Å². The first-order chi connectivity index (χ1) is 14.6. The summed E-state index contributed by atoms with van der Waals surface area (Å²) in [6.45, 7) is 6.15. The molecular formula is C23H26N4O3. The van der Waals surface area contributed by atoms with Crippen LogP contribution in [-0.2, 0) is 11.3 Å². The van der Waals surface area contributed by atoms with E-state index in [4.69, 9.17) is 9.47 Å². The van der Waals surface area contributed by atoms with E-state index in [2.05, 4.69) is 21.3 Å². The van der Waals surface area contributed by atoms with Gasteiger partial charge in [-0.1, -0.05) is 12.1 Å². The van der Waals surface area contributed by atoms with Gasteiger partial charge in [0.1, 0.15) is 18.4 Å². The van der Waals surface area contributed by atoms with Crippen molar-refractivity contribution >= 4 is 22.6 Å². The van der Waals surface area contributed by atoms with Crippen LogP contribution in [0.4, 0.5) is 10.5 Å². The minimum absolute atomic E-state index is 0.244. The van der Waals surface area contributed by atoms with Crippen LogP contribution in [0.15, 0.2) is 42.5 Å². The molecule has 1 heterocycles. The normalized spacial score (nSPS) is 10.6. The third kappa shape index (κ3) is 4.39. The first-order valence-electron chi connectivity index (χ1n) is 9.96. The van der Waals surface area contributed by atoms with Crippen molar-refractivity contribution in [3.05, 3.63) is 48.0 Å². The maximum atomic E-state index is 11.7. The number of anilines is 1. The van der Waals surface area contributed by atoms with Crippen molar-refractivity contribution in [2.24, 2.45) is 0 Å². The number of aromatic nitrogens is 1. The Morgan fingerprint density at radius 3 is 2.53 bits per heavy atom. The van der Waals surface area contributed by atoms with Crippen LogP contribution < -0.4 is 15.4 Å². The minimum Gasteiger partial charge on any atom is -0.491 e. The molecule has 2 N–H and O–H groups in total. The highest BCUT2D eigenvalue weighted by Gasteiger charge is 2.18. The van der Waals surface area contributed by atoms with Gasteiger partial charge in [-0.25, -0.2) is 4.79 Å². The van der Waals surface area contributed by atoms with Gasteiger partial charge in [0.2, 0.25) is 0 Å². The highest BCUT2D eigenvalue weighted by molar-refractivity contribution is 5.95. The summed E-state index contributed by atoms with van der Waals surface area (Å²) in [4.78, 5) is 11.7. The maximum absolute atomic E-state index is 11.7. The number of aryl methyl sites for hydroxylation is 1. The van der Waals surface area contributed by atoms with Gasteiger partial charge in [-0.05, 0) is 43.7 Å². The van der Waals surface area contributed by atoms with E-state index in [9.17, 15) is 10.1 Å². The van der Waals surface area contributed by atoms with Crippen LogP contribution in [0.5, 0.6) is 5.75 Å². The molecule has 7 heteroatoms. The molecule has 1 aromatic heterocycles. The first-order valence-corrected chi connectivity index (χ1v) is 9.96. The molecule has 3 aromatic rings. The Hall–Kier alpha value is -3.50. The molecular weight excluding hydrogens is 380 g/mol. The van der Waals surface area contributed by atoms with E-state index >= 15 is 0 Å². The van der Waals surface area contributed by atoms with E-state index in [0.717, 1.165) is 27.9 Å². The van der Waals surface area contributed by atoms with E-state index in [1.807, 2.05) is 56.3 Å². The lowest BCUT2D eigenvalue weighted by molar-refractivity contribution is 0.146. The van der Waals surface area contributed by atoms with Gasteiger partial charge in [0.15, 0.2) is 0 Å². The van der Waals surface area contributed by atoms with Crippen LogP contribution in [0.3, 0.4) is 0 Å². The average Bonchev–Trinajstić information content (AvgIpc) is 3.07. The first kappa shape index (κ1) is 21.2. The van der Waals surface area contributed by atoms with Crippen molar-refractivity contribution < 1.29 is 14.3 Å². The summed E-state index contributed by atoms with van der Waals surface area (Å²) in [5, 5.41) is 16.3. The van der Waals surface area contributed by atoms with Gasteiger partial charge in [0, 0.05) is 37.3 Å². The highest BCUT2D eigenvalue weighted by Crippen LogP contribution is 2.35. The van der Waals surface area contributed by atoms with Crippen LogP contribution in [0.2, 0.25) is 0 Å². The Morgan fingerprint density at radius 1 is 1.13 bits per heavy atom. The molecule has 0 aliphatic heterocycles. The number of fused-ring (bicyclic) bond motifs is 1. The zero-order valence-corrected chi connectivity index (χ0v) is 17.5. The van der Waals surface area contributed by atoms with Crippen molar-refractivity contribution in [2.75, 3.05) is 32.2 Å². The molecule has 0 spiro atoms. The molecule has 7 nitrogen and oxygen atoms in total. The monoisotopic (exact) mass is 406 g/mol. The van der Waals surface area contributed by atoms with Crippen LogP contribution >= 0.6 is 0 Å². The van der Waals surface area contributed by atoms with Crippen molar-refractivity contribution in [3.8, 4) is 23.1 Å². The van der Waals surface area contributed by atoms with Crippen LogP contribution in [0, 0.1) is 11.3 Å². The molecule has 2 amide bonds. The zero-order valence-electron chi connectivity index (χ0n) is 17.5. The van der Waals surface area contributed by atoms with Crippen molar-refractivity contribution in [1.82, 2.24) is 9.88 Å². The summed E-state index contributed by atoms with van der Waals surface area (Å²) in [6.07, 6.45) is 0. The van der Waals surface area contributed by atoms with Gasteiger partial charge in [0.05, 0.1) is 23.4 Å². The molecule has 0 radical (unpaired) electrons. The van der Waals surface area contributed by atoms with E-state index < -0.39 is 0 Å². The van der Waals surface area contributed by atoms with Gasteiger partial charge in [0.25, 0.3) is 0 Å². The fraction of sp³-hybridized carbons (Fsp3) is 0.304. The number of rotatable bonds is 8. The second kappa shape index (κ2) is 9.81. The summed E-state index contributed by atoms with van der Waals surface area (Å²) in [5.74, 6) is 0.740. The van der Waals surface area contributed by atoms with E-state index in [-0.39, 0.29) is 6.03 Å². The largest absolute Gasteiger partial charge is 0.491 e. The lowest BCUT2D eigenvalue weighted by Crippen LogP contribution is -2.28. The number of hydrogen-bond donors (Lipinski definition) is 2. The van der Waals surface area contributed by atoms with Crippen LogP contribution in [0.1, 0.15) is 19.4 Å². The minimum atomic E-state index is -0.244.